The van der Waals surface area contributed by atoms with Crippen molar-refractivity contribution < 1.29 is 4.39 Å². The van der Waals surface area contributed by atoms with Crippen LogP contribution in [0.4, 0.5) is 4.39 Å². The summed E-state index contributed by atoms with van der Waals surface area (Å²) in [4.78, 5) is 4.39. The van der Waals surface area contributed by atoms with Gasteiger partial charge in [-0.05, 0) is 55.5 Å². The van der Waals surface area contributed by atoms with Crippen molar-refractivity contribution in [2.75, 3.05) is 0 Å². The van der Waals surface area contributed by atoms with Gasteiger partial charge in [0, 0.05) is 17.4 Å². The van der Waals surface area contributed by atoms with Crippen molar-refractivity contribution in [2.45, 2.75) is 6.92 Å². The first-order valence-corrected chi connectivity index (χ1v) is 7.92. The molecule has 0 radical (unpaired) electrons. The molecule has 0 aliphatic heterocycles. The van der Waals surface area contributed by atoms with E-state index in [4.69, 9.17) is 0 Å². The lowest BCUT2D eigenvalue weighted by molar-refractivity contribution is 0.628. The van der Waals surface area contributed by atoms with Gasteiger partial charge in [-0.25, -0.2) is 4.39 Å². The maximum absolute atomic E-state index is 13.3. The van der Waals surface area contributed by atoms with E-state index < -0.39 is 0 Å². The van der Waals surface area contributed by atoms with E-state index >= 15 is 0 Å². The lowest BCUT2D eigenvalue weighted by Gasteiger charge is -2.11. The Morgan fingerprint density at radius 3 is 2.20 bits per heavy atom. The molecule has 2 heterocycles. The number of aromatic nitrogens is 4. The molecule has 0 saturated heterocycles. The molecule has 0 aliphatic carbocycles. The molecule has 0 bridgehead atoms. The molecule has 0 atom stereocenters. The fraction of sp³-hybridized carbons (Fsp3) is 0.0500. The lowest BCUT2D eigenvalue weighted by atomic mass is 10.2. The fourth-order valence-electron chi connectivity index (χ4n) is 2.67. The average molecular weight is 330 g/mol. The number of aryl methyl sites for hydroxylation is 1. The highest BCUT2D eigenvalue weighted by molar-refractivity contribution is 5.64. The van der Waals surface area contributed by atoms with Gasteiger partial charge in [-0.1, -0.05) is 23.8 Å². The van der Waals surface area contributed by atoms with E-state index in [1.807, 2.05) is 54.0 Å². The van der Waals surface area contributed by atoms with Crippen molar-refractivity contribution in [3.8, 4) is 28.6 Å². The van der Waals surface area contributed by atoms with Crippen molar-refractivity contribution >= 4 is 0 Å². The van der Waals surface area contributed by atoms with E-state index in [-0.39, 0.29) is 5.82 Å². The van der Waals surface area contributed by atoms with Crippen LogP contribution in [0.1, 0.15) is 5.56 Å². The zero-order valence-electron chi connectivity index (χ0n) is 13.6. The Kier molecular flexibility index (Phi) is 3.82. The molecule has 4 rings (SSSR count). The Morgan fingerprint density at radius 1 is 0.800 bits per heavy atom. The molecule has 4 nitrogen and oxygen atoms in total. The van der Waals surface area contributed by atoms with Gasteiger partial charge in [0.15, 0.2) is 11.6 Å². The van der Waals surface area contributed by atoms with Crippen LogP contribution < -0.4 is 0 Å². The van der Waals surface area contributed by atoms with E-state index in [9.17, 15) is 4.39 Å². The predicted molar refractivity (Wildman–Crippen MR) is 94.7 cm³/mol. The van der Waals surface area contributed by atoms with Gasteiger partial charge in [-0.15, -0.1) is 10.2 Å². The summed E-state index contributed by atoms with van der Waals surface area (Å²) in [6.45, 7) is 2.04. The molecule has 5 heteroatoms. The van der Waals surface area contributed by atoms with Gasteiger partial charge in [0.2, 0.25) is 0 Å². The molecule has 4 aromatic rings. The van der Waals surface area contributed by atoms with Crippen LogP contribution in [0.2, 0.25) is 0 Å². The fourth-order valence-corrected chi connectivity index (χ4v) is 2.67. The Hall–Kier alpha value is -3.34. The van der Waals surface area contributed by atoms with Crippen LogP contribution in [-0.2, 0) is 0 Å². The van der Waals surface area contributed by atoms with Crippen molar-refractivity contribution in [3.05, 3.63) is 84.3 Å². The Morgan fingerprint density at radius 2 is 1.52 bits per heavy atom. The number of nitrogens with zero attached hydrogens (tertiary/aromatic N) is 4. The molecular weight excluding hydrogens is 315 g/mol. The van der Waals surface area contributed by atoms with Crippen molar-refractivity contribution in [3.63, 3.8) is 0 Å². The molecule has 0 aliphatic rings. The molecule has 25 heavy (non-hydrogen) atoms. The largest absolute Gasteiger partial charge is 0.274 e. The third-order valence-electron chi connectivity index (χ3n) is 3.95. The number of hydrogen-bond acceptors (Lipinski definition) is 3. The quantitative estimate of drug-likeness (QED) is 0.557. The summed E-state index contributed by atoms with van der Waals surface area (Å²) < 4.78 is 15.2. The van der Waals surface area contributed by atoms with Gasteiger partial charge in [0.05, 0.1) is 0 Å². The van der Waals surface area contributed by atoms with E-state index in [1.165, 1.54) is 17.7 Å². The second-order valence-corrected chi connectivity index (χ2v) is 5.74. The zero-order chi connectivity index (χ0) is 17.2. The van der Waals surface area contributed by atoms with Crippen LogP contribution in [-0.4, -0.2) is 19.7 Å². The number of benzene rings is 2. The Labute approximate surface area is 144 Å². The van der Waals surface area contributed by atoms with Gasteiger partial charge in [0.25, 0.3) is 0 Å². The van der Waals surface area contributed by atoms with E-state index in [1.54, 1.807) is 18.3 Å². The van der Waals surface area contributed by atoms with Gasteiger partial charge in [-0.2, -0.15) is 0 Å². The molecule has 0 saturated carbocycles. The molecule has 2 aromatic heterocycles. The van der Waals surface area contributed by atoms with Crippen LogP contribution in [0.3, 0.4) is 0 Å². The first-order valence-electron chi connectivity index (χ1n) is 7.92. The van der Waals surface area contributed by atoms with Gasteiger partial charge in [0.1, 0.15) is 11.5 Å². The molecule has 0 amide bonds. The summed E-state index contributed by atoms with van der Waals surface area (Å²) in [5.74, 6) is 1.00. The molecule has 0 N–H and O–H groups in total. The number of halogens is 1. The summed E-state index contributed by atoms with van der Waals surface area (Å²) in [5, 5.41) is 8.68. The minimum atomic E-state index is -0.282. The van der Waals surface area contributed by atoms with Crippen molar-refractivity contribution in [1.29, 1.82) is 0 Å². The van der Waals surface area contributed by atoms with Gasteiger partial charge in [-0.3, -0.25) is 9.55 Å². The van der Waals surface area contributed by atoms with E-state index in [2.05, 4.69) is 15.2 Å². The number of hydrogen-bond donors (Lipinski definition) is 0. The molecule has 0 spiro atoms. The summed E-state index contributed by atoms with van der Waals surface area (Å²) in [6, 6.07) is 20.0. The first-order chi connectivity index (χ1) is 12.2. The Balaban J connectivity index is 1.94. The van der Waals surface area contributed by atoms with Crippen LogP contribution in [0.15, 0.2) is 72.9 Å². The highest BCUT2D eigenvalue weighted by Crippen LogP contribution is 2.27. The van der Waals surface area contributed by atoms with Crippen molar-refractivity contribution in [2.24, 2.45) is 0 Å². The third kappa shape index (κ3) is 2.92. The van der Waals surface area contributed by atoms with Crippen LogP contribution in [0, 0.1) is 12.7 Å². The van der Waals surface area contributed by atoms with E-state index in [0.29, 0.717) is 11.6 Å². The smallest absolute Gasteiger partial charge is 0.187 e. The second-order valence-electron chi connectivity index (χ2n) is 5.74. The molecule has 2 aromatic carbocycles. The molecule has 0 unspecified atom stereocenters. The topological polar surface area (TPSA) is 43.6 Å². The predicted octanol–water partition coefficient (Wildman–Crippen LogP) is 4.44. The third-order valence-corrected chi connectivity index (χ3v) is 3.95. The second kappa shape index (κ2) is 6.28. The molecule has 0 fully saturated rings. The summed E-state index contributed by atoms with van der Waals surface area (Å²) in [6.07, 6.45) is 1.72. The minimum Gasteiger partial charge on any atom is -0.274 e. The van der Waals surface area contributed by atoms with Crippen LogP contribution in [0.5, 0.6) is 0 Å². The van der Waals surface area contributed by atoms with Crippen LogP contribution >= 0.6 is 0 Å². The first kappa shape index (κ1) is 15.2. The SMILES string of the molecule is Cc1ccc(-n2c(-c3ccc(F)cc3)nnc2-c2ccccn2)cc1. The summed E-state index contributed by atoms with van der Waals surface area (Å²) in [5.41, 5.74) is 3.61. The molecular formula is C20H15FN4. The van der Waals surface area contributed by atoms with Crippen LogP contribution in [0.25, 0.3) is 28.6 Å². The van der Waals surface area contributed by atoms with Gasteiger partial charge >= 0.3 is 0 Å². The standard InChI is InChI=1S/C20H15FN4/c1-14-5-11-17(12-6-14)25-19(15-7-9-16(21)10-8-15)23-24-20(25)18-4-2-3-13-22-18/h2-13H,1H3. The van der Waals surface area contributed by atoms with Crippen molar-refractivity contribution in [1.82, 2.24) is 19.7 Å². The normalized spacial score (nSPS) is 10.8. The maximum atomic E-state index is 13.3. The minimum absolute atomic E-state index is 0.282. The lowest BCUT2D eigenvalue weighted by Crippen LogP contribution is -2.01. The average Bonchev–Trinajstić information content (AvgIpc) is 3.09. The molecule has 122 valence electrons. The maximum Gasteiger partial charge on any atom is 0.187 e. The highest BCUT2D eigenvalue weighted by Gasteiger charge is 2.17. The number of rotatable bonds is 3. The highest BCUT2D eigenvalue weighted by atomic mass is 19.1. The zero-order valence-corrected chi connectivity index (χ0v) is 13.6. The number of pyridine rings is 1. The Bertz CT molecular complexity index is 990. The summed E-state index contributed by atoms with van der Waals surface area (Å²) in [7, 11) is 0. The van der Waals surface area contributed by atoms with Gasteiger partial charge < -0.3 is 0 Å². The summed E-state index contributed by atoms with van der Waals surface area (Å²) >= 11 is 0. The van der Waals surface area contributed by atoms with E-state index in [0.717, 1.165) is 16.9 Å². The monoisotopic (exact) mass is 330 g/mol.